The fourth-order valence-electron chi connectivity index (χ4n) is 5.41. The van der Waals surface area contributed by atoms with Crippen molar-refractivity contribution < 1.29 is 60.7 Å². The number of hydrogen-bond acceptors (Lipinski definition) is 10. The van der Waals surface area contributed by atoms with E-state index in [1.165, 1.54) is 58.4 Å². The molecule has 12 nitrogen and oxygen atoms in total. The first-order valence-electron chi connectivity index (χ1n) is 18.4. The maximum Gasteiger partial charge on any atom is 0.455 e. The average molecular weight is 1020 g/mol. The first-order chi connectivity index (χ1) is 29.6. The molecule has 0 amide bonds. The Morgan fingerprint density at radius 1 is 0.562 bits per heavy atom. The van der Waals surface area contributed by atoms with Crippen molar-refractivity contribution in [3.05, 3.63) is 108 Å². The molecule has 64 heavy (non-hydrogen) atoms. The Kier molecular flexibility index (Phi) is 15.9. The second kappa shape index (κ2) is 19.8. The second-order valence-electron chi connectivity index (χ2n) is 13.6. The van der Waals surface area contributed by atoms with Crippen LogP contribution < -0.4 is 0 Å². The van der Waals surface area contributed by atoms with E-state index in [0.717, 1.165) is 18.3 Å². The van der Waals surface area contributed by atoms with Gasteiger partial charge in [-0.3, -0.25) is 19.9 Å². The molecule has 0 fully saturated rings. The third-order valence-electron chi connectivity index (χ3n) is 9.09. The SMILES string of the molecule is CCS(=O)(=O)c1cc(-c2ccccn2)cnc1-c1ncn(CC(F)(F)C(F)(F)F)c1C.CCS(=O)(=O)c1cc(Br)cnc1-c1ncn(CC(F)(F)C(F)(F)F)c1C.Cc1ccccn1. The molecule has 0 atom stereocenters. The Morgan fingerprint density at radius 3 is 1.38 bits per heavy atom. The lowest BCUT2D eigenvalue weighted by Crippen LogP contribution is -2.40. The van der Waals surface area contributed by atoms with Crippen LogP contribution in [0.25, 0.3) is 34.0 Å². The lowest BCUT2D eigenvalue weighted by molar-refractivity contribution is -0.287. The molecule has 6 heterocycles. The van der Waals surface area contributed by atoms with Gasteiger partial charge >= 0.3 is 24.2 Å². The van der Waals surface area contributed by atoms with Gasteiger partial charge in [-0.15, -0.1) is 0 Å². The molecule has 0 aliphatic heterocycles. The van der Waals surface area contributed by atoms with Crippen LogP contribution in [0.5, 0.6) is 0 Å². The smallest absolute Gasteiger partial charge is 0.328 e. The quantitative estimate of drug-likeness (QED) is 0.115. The van der Waals surface area contributed by atoms with Crippen molar-refractivity contribution in [1.29, 1.82) is 0 Å². The minimum Gasteiger partial charge on any atom is -0.328 e. The number of alkyl halides is 10. The molecule has 6 aromatic rings. The fraction of sp³-hybridized carbons (Fsp3) is 0.333. The summed E-state index contributed by atoms with van der Waals surface area (Å²) in [5.74, 6) is -10.5. The summed E-state index contributed by atoms with van der Waals surface area (Å²) in [7, 11) is -7.58. The molecular formula is C39H37BrF10N8O4S2. The summed E-state index contributed by atoms with van der Waals surface area (Å²) in [5.41, 5.74) is 1.38. The third kappa shape index (κ3) is 12.1. The highest BCUT2D eigenvalue weighted by Gasteiger charge is 2.58. The van der Waals surface area contributed by atoms with Crippen molar-refractivity contribution in [1.82, 2.24) is 39.0 Å². The third-order valence-corrected chi connectivity index (χ3v) is 13.0. The van der Waals surface area contributed by atoms with Gasteiger partial charge in [0.2, 0.25) is 0 Å². The van der Waals surface area contributed by atoms with Crippen molar-refractivity contribution in [2.75, 3.05) is 11.5 Å². The monoisotopic (exact) mass is 1010 g/mol. The van der Waals surface area contributed by atoms with Crippen molar-refractivity contribution >= 4 is 35.6 Å². The fourth-order valence-corrected chi connectivity index (χ4v) is 8.01. The molecule has 0 N–H and O–H groups in total. The highest BCUT2D eigenvalue weighted by molar-refractivity contribution is 9.10. The van der Waals surface area contributed by atoms with Crippen LogP contribution in [0.2, 0.25) is 0 Å². The topological polar surface area (TPSA) is 155 Å². The van der Waals surface area contributed by atoms with E-state index in [4.69, 9.17) is 0 Å². The van der Waals surface area contributed by atoms with Gasteiger partial charge in [0.05, 0.1) is 52.7 Å². The van der Waals surface area contributed by atoms with Crippen molar-refractivity contribution in [3.8, 4) is 34.0 Å². The van der Waals surface area contributed by atoms with E-state index in [0.29, 0.717) is 24.9 Å². The summed E-state index contributed by atoms with van der Waals surface area (Å²) in [6.45, 7) is 3.99. The number of hydrogen-bond donors (Lipinski definition) is 0. The Balaban J connectivity index is 0.000000246. The van der Waals surface area contributed by atoms with E-state index >= 15 is 0 Å². The second-order valence-corrected chi connectivity index (χ2v) is 19.0. The standard InChI is InChI=1S/C19H17F5N4O2S.C14H13BrF5N3O2S.C6H7N/c1-3-31(29,30)15-8-13(14-6-4-5-7-25-14)9-26-17(15)16-12(2)28(11-27-16)10-18(20,21)19(22,23)24;1-3-26(24,25)10-4-9(15)5-21-12(10)11-8(2)23(7-22-11)6-13(16,17)14(18,19)20;1-6-4-2-3-5-7-6/h4-9,11H,3,10H2,1-2H3;4-5,7H,3,6H2,1-2H3;2-5H,1H3. The van der Waals surface area contributed by atoms with Gasteiger partial charge in [-0.05, 0) is 73.1 Å². The number of pyridine rings is 4. The Morgan fingerprint density at radius 2 is 1.00 bits per heavy atom. The molecule has 0 aliphatic rings. The molecule has 0 aliphatic carbocycles. The van der Waals surface area contributed by atoms with Gasteiger partial charge < -0.3 is 9.13 Å². The zero-order chi connectivity index (χ0) is 48.1. The number of aromatic nitrogens is 8. The molecule has 0 saturated heterocycles. The summed E-state index contributed by atoms with van der Waals surface area (Å²) >= 11 is 3.10. The van der Waals surface area contributed by atoms with Crippen LogP contribution in [0.4, 0.5) is 43.9 Å². The van der Waals surface area contributed by atoms with E-state index in [1.54, 1.807) is 24.4 Å². The Labute approximate surface area is 368 Å². The van der Waals surface area contributed by atoms with Crippen molar-refractivity contribution in [3.63, 3.8) is 0 Å². The van der Waals surface area contributed by atoms with Crippen molar-refractivity contribution in [2.45, 2.75) is 81.7 Å². The molecule has 25 heteroatoms. The van der Waals surface area contributed by atoms with E-state index in [9.17, 15) is 60.7 Å². The minimum atomic E-state index is -5.73. The molecule has 0 bridgehead atoms. The van der Waals surface area contributed by atoms with Crippen LogP contribution in [-0.4, -0.2) is 91.6 Å². The van der Waals surface area contributed by atoms with E-state index in [1.807, 2.05) is 25.1 Å². The van der Waals surface area contributed by atoms with E-state index in [2.05, 4.69) is 45.8 Å². The molecular weight excluding hydrogens is 978 g/mol. The van der Waals surface area contributed by atoms with Crippen LogP contribution in [0.15, 0.2) is 100 Å². The lowest BCUT2D eigenvalue weighted by Gasteiger charge is -2.20. The van der Waals surface area contributed by atoms with Crippen LogP contribution in [0.3, 0.4) is 0 Å². The van der Waals surface area contributed by atoms with E-state index < -0.39 is 57.0 Å². The van der Waals surface area contributed by atoms with Gasteiger partial charge in [0, 0.05) is 51.9 Å². The van der Waals surface area contributed by atoms with Gasteiger partial charge in [0.15, 0.2) is 19.7 Å². The van der Waals surface area contributed by atoms with E-state index in [-0.39, 0.29) is 55.5 Å². The molecule has 0 saturated carbocycles. The van der Waals surface area contributed by atoms with Crippen LogP contribution >= 0.6 is 15.9 Å². The number of nitrogens with zero attached hydrogens (tertiary/aromatic N) is 8. The predicted octanol–water partition coefficient (Wildman–Crippen LogP) is 9.70. The number of imidazole rings is 2. The molecule has 346 valence electrons. The molecule has 0 aromatic carbocycles. The van der Waals surface area contributed by atoms with Gasteiger partial charge in [-0.25, -0.2) is 26.8 Å². The molecule has 6 aromatic heterocycles. The van der Waals surface area contributed by atoms with Gasteiger partial charge in [-0.1, -0.05) is 26.0 Å². The summed E-state index contributed by atoms with van der Waals surface area (Å²) in [5, 5.41) is 0. The number of sulfone groups is 2. The zero-order valence-corrected chi connectivity index (χ0v) is 37.3. The Hall–Kier alpha value is -5.30. The molecule has 6 rings (SSSR count). The largest absolute Gasteiger partial charge is 0.455 e. The van der Waals surface area contributed by atoms with Crippen LogP contribution in [0, 0.1) is 20.8 Å². The normalized spacial score (nSPS) is 12.6. The van der Waals surface area contributed by atoms with Gasteiger partial charge in [-0.2, -0.15) is 43.9 Å². The summed E-state index contributed by atoms with van der Waals surface area (Å²) in [4.78, 5) is 23.5. The number of halogens is 11. The van der Waals surface area contributed by atoms with Gasteiger partial charge in [0.1, 0.15) is 22.8 Å². The first-order valence-corrected chi connectivity index (χ1v) is 22.5. The number of aryl methyl sites for hydroxylation is 1. The lowest BCUT2D eigenvalue weighted by atomic mass is 10.1. The summed E-state index contributed by atoms with van der Waals surface area (Å²) in [6.07, 6.45) is -3.90. The number of rotatable bonds is 11. The summed E-state index contributed by atoms with van der Waals surface area (Å²) in [6, 6.07) is 13.5. The molecule has 0 radical (unpaired) electrons. The predicted molar refractivity (Wildman–Crippen MR) is 218 cm³/mol. The van der Waals surface area contributed by atoms with Crippen LogP contribution in [-0.2, 0) is 32.8 Å². The highest BCUT2D eigenvalue weighted by atomic mass is 79.9. The van der Waals surface area contributed by atoms with Crippen molar-refractivity contribution in [2.24, 2.45) is 0 Å². The molecule has 0 unspecified atom stereocenters. The van der Waals surface area contributed by atoms with Crippen LogP contribution in [0.1, 0.15) is 30.9 Å². The highest BCUT2D eigenvalue weighted by Crippen LogP contribution is 2.39. The maximum atomic E-state index is 13.5. The Bertz CT molecular complexity index is 2770. The summed E-state index contributed by atoms with van der Waals surface area (Å²) < 4.78 is 180. The first kappa shape index (κ1) is 51.3. The molecule has 0 spiro atoms. The average Bonchev–Trinajstić information content (AvgIpc) is 3.77. The zero-order valence-electron chi connectivity index (χ0n) is 34.1. The van der Waals surface area contributed by atoms with Gasteiger partial charge in [0.25, 0.3) is 0 Å². The minimum absolute atomic E-state index is 0.0590. The maximum absolute atomic E-state index is 13.5.